The zero-order chi connectivity index (χ0) is 19.3. The summed E-state index contributed by atoms with van der Waals surface area (Å²) >= 11 is 0. The summed E-state index contributed by atoms with van der Waals surface area (Å²) in [6.45, 7) is 1.98. The molecular formula is C17H23N3O6. The molecule has 26 heavy (non-hydrogen) atoms. The van der Waals surface area contributed by atoms with Gasteiger partial charge in [-0.05, 0) is 31.9 Å². The van der Waals surface area contributed by atoms with E-state index in [2.05, 4.69) is 5.32 Å². The van der Waals surface area contributed by atoms with Crippen LogP contribution in [0.2, 0.25) is 0 Å². The Hall–Kier alpha value is -2.84. The van der Waals surface area contributed by atoms with Crippen molar-refractivity contribution in [2.45, 2.75) is 25.8 Å². The number of piperidine rings is 1. The molecule has 1 fully saturated rings. The second kappa shape index (κ2) is 8.50. The van der Waals surface area contributed by atoms with E-state index in [1.165, 1.54) is 36.1 Å². The molecule has 0 aliphatic carbocycles. The van der Waals surface area contributed by atoms with Gasteiger partial charge in [-0.2, -0.15) is 0 Å². The zero-order valence-corrected chi connectivity index (χ0v) is 14.8. The number of furan rings is 1. The number of rotatable bonds is 6. The number of nitrogens with zero attached hydrogens (tertiary/aromatic N) is 2. The van der Waals surface area contributed by atoms with Crippen molar-refractivity contribution in [3.63, 3.8) is 0 Å². The van der Waals surface area contributed by atoms with E-state index in [1.807, 2.05) is 0 Å². The maximum Gasteiger partial charge on any atom is 0.308 e. The Morgan fingerprint density at radius 2 is 2.15 bits per heavy atom. The average Bonchev–Trinajstić information content (AvgIpc) is 3.15. The van der Waals surface area contributed by atoms with Gasteiger partial charge in [0.15, 0.2) is 5.76 Å². The fraction of sp³-hybridized carbons (Fsp3) is 0.529. The first-order chi connectivity index (χ1) is 12.3. The van der Waals surface area contributed by atoms with E-state index in [0.717, 1.165) is 0 Å². The lowest BCUT2D eigenvalue weighted by atomic mass is 9.98. The molecule has 0 spiro atoms. The molecule has 1 aliphatic heterocycles. The number of likely N-dealkylation sites (tertiary alicyclic amines) is 1. The summed E-state index contributed by atoms with van der Waals surface area (Å²) in [5.74, 6) is -2.64. The third kappa shape index (κ3) is 4.84. The number of hydrogen-bond acceptors (Lipinski definition) is 5. The molecule has 142 valence electrons. The molecule has 2 N–H and O–H groups in total. The van der Waals surface area contributed by atoms with E-state index in [9.17, 15) is 19.2 Å². The van der Waals surface area contributed by atoms with Crippen molar-refractivity contribution < 1.29 is 28.7 Å². The van der Waals surface area contributed by atoms with Gasteiger partial charge in [0.2, 0.25) is 11.8 Å². The molecular weight excluding hydrogens is 342 g/mol. The van der Waals surface area contributed by atoms with Crippen LogP contribution in [0, 0.1) is 5.92 Å². The minimum absolute atomic E-state index is 0.0939. The number of carboxylic acid groups (broad SMARTS) is 1. The van der Waals surface area contributed by atoms with Crippen molar-refractivity contribution in [2.75, 3.05) is 26.7 Å². The largest absolute Gasteiger partial charge is 0.481 e. The molecule has 0 radical (unpaired) electrons. The van der Waals surface area contributed by atoms with Gasteiger partial charge in [-0.15, -0.1) is 0 Å². The van der Waals surface area contributed by atoms with Crippen molar-refractivity contribution in [3.05, 3.63) is 24.2 Å². The van der Waals surface area contributed by atoms with Crippen LogP contribution >= 0.6 is 0 Å². The van der Waals surface area contributed by atoms with E-state index < -0.39 is 29.7 Å². The first-order valence-corrected chi connectivity index (χ1v) is 8.39. The number of likely N-dealkylation sites (N-methyl/N-ethyl adjacent to an activating group) is 1. The Bertz CT molecular complexity index is 672. The summed E-state index contributed by atoms with van der Waals surface area (Å²) in [7, 11) is 1.47. The van der Waals surface area contributed by atoms with E-state index in [1.54, 1.807) is 6.07 Å². The van der Waals surface area contributed by atoms with Crippen LogP contribution in [0.5, 0.6) is 0 Å². The van der Waals surface area contributed by atoms with Crippen LogP contribution in [0.1, 0.15) is 30.3 Å². The normalized spacial score (nSPS) is 18.1. The summed E-state index contributed by atoms with van der Waals surface area (Å²) in [6, 6.07) is 2.21. The molecule has 0 saturated carbocycles. The number of carbonyl (C=O) groups is 4. The minimum atomic E-state index is -0.916. The van der Waals surface area contributed by atoms with Gasteiger partial charge in [-0.25, -0.2) is 0 Å². The van der Waals surface area contributed by atoms with Gasteiger partial charge < -0.3 is 24.6 Å². The highest BCUT2D eigenvalue weighted by Crippen LogP contribution is 2.16. The Morgan fingerprint density at radius 3 is 2.77 bits per heavy atom. The molecule has 0 aromatic carbocycles. The molecule has 2 atom stereocenters. The maximum absolute atomic E-state index is 12.4. The first-order valence-electron chi connectivity index (χ1n) is 8.39. The minimum Gasteiger partial charge on any atom is -0.481 e. The van der Waals surface area contributed by atoms with Crippen LogP contribution < -0.4 is 5.32 Å². The second-order valence-corrected chi connectivity index (χ2v) is 6.38. The quantitative estimate of drug-likeness (QED) is 0.742. The van der Waals surface area contributed by atoms with Gasteiger partial charge in [0.1, 0.15) is 6.04 Å². The molecule has 9 heteroatoms. The van der Waals surface area contributed by atoms with Crippen molar-refractivity contribution >= 4 is 23.7 Å². The lowest BCUT2D eigenvalue weighted by Gasteiger charge is -2.32. The van der Waals surface area contributed by atoms with Gasteiger partial charge in [0.05, 0.1) is 18.7 Å². The van der Waals surface area contributed by atoms with Gasteiger partial charge in [0.25, 0.3) is 5.91 Å². The lowest BCUT2D eigenvalue weighted by Crippen LogP contribution is -2.50. The number of amides is 3. The SMILES string of the molecule is CC(NC(=O)c1ccco1)C(=O)N(C)CC(=O)N1CCCC(C(=O)O)C1. The molecule has 1 saturated heterocycles. The van der Waals surface area contributed by atoms with Crippen LogP contribution in [0.4, 0.5) is 0 Å². The summed E-state index contributed by atoms with van der Waals surface area (Å²) in [4.78, 5) is 50.4. The maximum atomic E-state index is 12.4. The Kier molecular flexibility index (Phi) is 6.37. The van der Waals surface area contributed by atoms with Crippen LogP contribution in [-0.2, 0) is 14.4 Å². The van der Waals surface area contributed by atoms with Crippen LogP contribution in [-0.4, -0.2) is 71.3 Å². The molecule has 2 rings (SSSR count). The van der Waals surface area contributed by atoms with Crippen molar-refractivity contribution in [3.8, 4) is 0 Å². The first kappa shape index (κ1) is 19.5. The molecule has 9 nitrogen and oxygen atoms in total. The molecule has 0 bridgehead atoms. The number of carbonyl (C=O) groups excluding carboxylic acids is 3. The van der Waals surface area contributed by atoms with E-state index in [4.69, 9.17) is 9.52 Å². The topological polar surface area (TPSA) is 120 Å². The zero-order valence-electron chi connectivity index (χ0n) is 14.8. The van der Waals surface area contributed by atoms with E-state index >= 15 is 0 Å². The highest BCUT2D eigenvalue weighted by Gasteiger charge is 2.30. The monoisotopic (exact) mass is 365 g/mol. The molecule has 3 amide bonds. The van der Waals surface area contributed by atoms with Crippen molar-refractivity contribution in [2.24, 2.45) is 5.92 Å². The number of hydrogen-bond donors (Lipinski definition) is 2. The molecule has 2 heterocycles. The molecule has 2 unspecified atom stereocenters. The predicted octanol–water partition coefficient (Wildman–Crippen LogP) is 0.180. The fourth-order valence-electron chi connectivity index (χ4n) is 2.85. The summed E-state index contributed by atoms with van der Waals surface area (Å²) in [5.41, 5.74) is 0. The molecule has 1 aromatic heterocycles. The second-order valence-electron chi connectivity index (χ2n) is 6.38. The number of aliphatic carboxylic acids is 1. The van der Waals surface area contributed by atoms with E-state index in [-0.39, 0.29) is 24.8 Å². The number of carboxylic acids is 1. The number of nitrogens with one attached hydrogen (secondary N) is 1. The van der Waals surface area contributed by atoms with Crippen molar-refractivity contribution in [1.29, 1.82) is 0 Å². The lowest BCUT2D eigenvalue weighted by molar-refractivity contribution is -0.147. The third-order valence-electron chi connectivity index (χ3n) is 4.33. The Balaban J connectivity index is 1.86. The van der Waals surface area contributed by atoms with Crippen LogP contribution in [0.3, 0.4) is 0 Å². The smallest absolute Gasteiger partial charge is 0.308 e. The van der Waals surface area contributed by atoms with Crippen LogP contribution in [0.15, 0.2) is 22.8 Å². The van der Waals surface area contributed by atoms with Gasteiger partial charge in [-0.1, -0.05) is 0 Å². The average molecular weight is 365 g/mol. The highest BCUT2D eigenvalue weighted by molar-refractivity contribution is 5.96. The fourth-order valence-corrected chi connectivity index (χ4v) is 2.85. The van der Waals surface area contributed by atoms with Crippen LogP contribution in [0.25, 0.3) is 0 Å². The summed E-state index contributed by atoms with van der Waals surface area (Å²) in [6.07, 6.45) is 2.52. The summed E-state index contributed by atoms with van der Waals surface area (Å²) < 4.78 is 4.96. The Labute approximate surface area is 150 Å². The van der Waals surface area contributed by atoms with E-state index in [0.29, 0.717) is 19.4 Å². The van der Waals surface area contributed by atoms with Crippen molar-refractivity contribution in [1.82, 2.24) is 15.1 Å². The molecule has 1 aromatic rings. The highest BCUT2D eigenvalue weighted by atomic mass is 16.4. The van der Waals surface area contributed by atoms with Gasteiger partial charge in [0, 0.05) is 20.1 Å². The molecule has 1 aliphatic rings. The predicted molar refractivity (Wildman–Crippen MR) is 90.2 cm³/mol. The van der Waals surface area contributed by atoms with Gasteiger partial charge >= 0.3 is 5.97 Å². The standard InChI is InChI=1S/C17H23N3O6/c1-11(18-15(22)13-6-4-8-26-13)16(23)19(2)10-14(21)20-7-3-5-12(9-20)17(24)25/h4,6,8,11-12H,3,5,7,9-10H2,1-2H3,(H,18,22)(H,24,25). The third-order valence-corrected chi connectivity index (χ3v) is 4.33. The summed E-state index contributed by atoms with van der Waals surface area (Å²) in [5, 5.41) is 11.6. The Morgan fingerprint density at radius 1 is 1.42 bits per heavy atom. The van der Waals surface area contributed by atoms with Gasteiger partial charge in [-0.3, -0.25) is 19.2 Å².